The predicted octanol–water partition coefficient (Wildman–Crippen LogP) is 3.43. The summed E-state index contributed by atoms with van der Waals surface area (Å²) < 4.78 is 0. The van der Waals surface area contributed by atoms with Crippen molar-refractivity contribution in [3.05, 3.63) is 33.9 Å². The molecule has 1 fully saturated rings. The van der Waals surface area contributed by atoms with Crippen molar-refractivity contribution < 1.29 is 4.79 Å². The Bertz CT molecular complexity index is 523. The first-order valence-corrected chi connectivity index (χ1v) is 7.90. The molecule has 0 spiro atoms. The van der Waals surface area contributed by atoms with Crippen molar-refractivity contribution in [3.63, 3.8) is 0 Å². The van der Waals surface area contributed by atoms with Crippen molar-refractivity contribution >= 4 is 5.78 Å². The largest absolute Gasteiger partial charge is 0.300 e. The van der Waals surface area contributed by atoms with Gasteiger partial charge in [0.25, 0.3) is 0 Å². The first kappa shape index (κ1) is 11.7. The first-order valence-electron chi connectivity index (χ1n) is 7.90. The van der Waals surface area contributed by atoms with Crippen molar-refractivity contribution in [3.8, 4) is 0 Å². The van der Waals surface area contributed by atoms with Gasteiger partial charge >= 0.3 is 0 Å². The monoisotopic (exact) mass is 254 g/mol. The van der Waals surface area contributed by atoms with Gasteiger partial charge in [-0.25, -0.2) is 0 Å². The number of fused-ring (bicyclic) bond motifs is 2. The number of carbonyl (C=O) groups excluding carboxylic acids is 1. The maximum Gasteiger partial charge on any atom is 0.133 e. The molecule has 0 N–H and O–H groups in total. The van der Waals surface area contributed by atoms with E-state index in [-0.39, 0.29) is 0 Å². The second-order valence-electron chi connectivity index (χ2n) is 6.75. The molecule has 2 unspecified atom stereocenters. The van der Waals surface area contributed by atoms with Gasteiger partial charge in [-0.1, -0.05) is 6.07 Å². The normalized spacial score (nSPS) is 27.2. The van der Waals surface area contributed by atoms with Crippen LogP contribution in [-0.2, 0) is 36.9 Å². The maximum atomic E-state index is 11.5. The first-order chi connectivity index (χ1) is 9.24. The molecule has 0 aromatic heterocycles. The van der Waals surface area contributed by atoms with Gasteiger partial charge in [0.05, 0.1) is 0 Å². The number of hydrogen-bond donors (Lipinski definition) is 0. The number of hydrogen-bond acceptors (Lipinski definition) is 1. The zero-order chi connectivity index (χ0) is 13.0. The Morgan fingerprint density at radius 2 is 1.74 bits per heavy atom. The molecule has 0 bridgehead atoms. The van der Waals surface area contributed by atoms with E-state index in [4.69, 9.17) is 0 Å². The van der Waals surface area contributed by atoms with Crippen LogP contribution in [0.25, 0.3) is 0 Å². The molecule has 0 aliphatic heterocycles. The van der Waals surface area contributed by atoms with Crippen molar-refractivity contribution in [1.82, 2.24) is 0 Å². The Morgan fingerprint density at radius 3 is 2.26 bits per heavy atom. The van der Waals surface area contributed by atoms with Crippen LogP contribution in [0.5, 0.6) is 0 Å². The van der Waals surface area contributed by atoms with E-state index in [1.165, 1.54) is 44.9 Å². The van der Waals surface area contributed by atoms with Gasteiger partial charge in [-0.15, -0.1) is 0 Å². The van der Waals surface area contributed by atoms with Crippen LogP contribution in [0.1, 0.15) is 54.0 Å². The average Bonchev–Trinajstić information content (AvgIpc) is 2.81. The number of aryl methyl sites for hydroxylation is 2. The predicted molar refractivity (Wildman–Crippen MR) is 76.5 cm³/mol. The fourth-order valence-corrected chi connectivity index (χ4v) is 4.41. The lowest BCUT2D eigenvalue weighted by Crippen LogP contribution is -2.04. The van der Waals surface area contributed by atoms with Crippen LogP contribution in [-0.4, -0.2) is 5.78 Å². The summed E-state index contributed by atoms with van der Waals surface area (Å²) in [5.74, 6) is 1.46. The standard InChI is InChI=1S/C18H22O/c1-11(19)17-9-14(17)10-18-15-6-2-4-12(15)8-13-5-3-7-16(13)18/h8,14,17H,2-7,9-10H2,1H3. The molecule has 0 radical (unpaired) electrons. The van der Waals surface area contributed by atoms with Gasteiger partial charge < -0.3 is 0 Å². The summed E-state index contributed by atoms with van der Waals surface area (Å²) >= 11 is 0. The van der Waals surface area contributed by atoms with Gasteiger partial charge in [-0.05, 0) is 92.0 Å². The number of benzene rings is 1. The zero-order valence-electron chi connectivity index (χ0n) is 11.8. The van der Waals surface area contributed by atoms with Crippen LogP contribution >= 0.6 is 0 Å². The van der Waals surface area contributed by atoms with Crippen LogP contribution in [0.2, 0.25) is 0 Å². The molecular formula is C18H22O. The summed E-state index contributed by atoms with van der Waals surface area (Å²) in [6.45, 7) is 1.77. The third kappa shape index (κ3) is 1.86. The second kappa shape index (κ2) is 4.19. The van der Waals surface area contributed by atoms with Crippen LogP contribution in [0.15, 0.2) is 6.07 Å². The number of carbonyl (C=O) groups is 1. The fraction of sp³-hybridized carbons (Fsp3) is 0.611. The van der Waals surface area contributed by atoms with E-state index in [1.807, 2.05) is 0 Å². The Balaban J connectivity index is 1.69. The lowest BCUT2D eigenvalue weighted by Gasteiger charge is -2.15. The molecule has 2 atom stereocenters. The summed E-state index contributed by atoms with van der Waals surface area (Å²) in [4.78, 5) is 11.5. The molecule has 100 valence electrons. The highest BCUT2D eigenvalue weighted by atomic mass is 16.1. The summed E-state index contributed by atoms with van der Waals surface area (Å²) in [7, 11) is 0. The zero-order valence-corrected chi connectivity index (χ0v) is 11.8. The van der Waals surface area contributed by atoms with Gasteiger partial charge in [0.15, 0.2) is 0 Å². The van der Waals surface area contributed by atoms with Gasteiger partial charge in [-0.3, -0.25) is 4.79 Å². The van der Waals surface area contributed by atoms with Gasteiger partial charge in [0, 0.05) is 5.92 Å². The molecule has 3 aliphatic carbocycles. The minimum Gasteiger partial charge on any atom is -0.300 e. The lowest BCUT2D eigenvalue weighted by atomic mass is 9.90. The molecule has 3 aliphatic rings. The van der Waals surface area contributed by atoms with Gasteiger partial charge in [0.1, 0.15) is 5.78 Å². The maximum absolute atomic E-state index is 11.5. The minimum atomic E-state index is 0.384. The van der Waals surface area contributed by atoms with E-state index in [2.05, 4.69) is 6.07 Å². The smallest absolute Gasteiger partial charge is 0.133 e. The molecular weight excluding hydrogens is 232 g/mol. The topological polar surface area (TPSA) is 17.1 Å². The third-order valence-electron chi connectivity index (χ3n) is 5.51. The van der Waals surface area contributed by atoms with Crippen LogP contribution in [0.4, 0.5) is 0 Å². The Labute approximate surface area is 115 Å². The quantitative estimate of drug-likeness (QED) is 0.807. The third-order valence-corrected chi connectivity index (χ3v) is 5.51. The van der Waals surface area contributed by atoms with Crippen molar-refractivity contribution in [1.29, 1.82) is 0 Å². The number of rotatable bonds is 3. The Morgan fingerprint density at radius 1 is 1.11 bits per heavy atom. The molecule has 0 amide bonds. The molecule has 0 saturated heterocycles. The molecule has 1 aromatic rings. The Kier molecular flexibility index (Phi) is 2.58. The summed E-state index contributed by atoms with van der Waals surface area (Å²) in [5.41, 5.74) is 8.30. The SMILES string of the molecule is CC(=O)C1CC1Cc1c2c(cc3c1CCC3)CCC2. The lowest BCUT2D eigenvalue weighted by molar-refractivity contribution is -0.118. The molecule has 1 heteroatoms. The number of Topliss-reactive ketones (excluding diaryl/α,β-unsaturated/α-hetero) is 1. The highest BCUT2D eigenvalue weighted by Crippen LogP contribution is 2.45. The van der Waals surface area contributed by atoms with Crippen molar-refractivity contribution in [2.24, 2.45) is 11.8 Å². The molecule has 1 aromatic carbocycles. The van der Waals surface area contributed by atoms with Crippen LogP contribution < -0.4 is 0 Å². The summed E-state index contributed by atoms with van der Waals surface area (Å²) in [5, 5.41) is 0. The van der Waals surface area contributed by atoms with E-state index < -0.39 is 0 Å². The second-order valence-corrected chi connectivity index (χ2v) is 6.75. The molecule has 19 heavy (non-hydrogen) atoms. The van der Waals surface area contributed by atoms with Crippen LogP contribution in [0.3, 0.4) is 0 Å². The average molecular weight is 254 g/mol. The number of ketones is 1. The van der Waals surface area contributed by atoms with E-state index in [1.54, 1.807) is 34.7 Å². The fourth-order valence-electron chi connectivity index (χ4n) is 4.41. The minimum absolute atomic E-state index is 0.384. The van der Waals surface area contributed by atoms with E-state index >= 15 is 0 Å². The highest BCUT2D eigenvalue weighted by molar-refractivity contribution is 5.81. The highest BCUT2D eigenvalue weighted by Gasteiger charge is 2.41. The van der Waals surface area contributed by atoms with E-state index in [0.29, 0.717) is 17.6 Å². The summed E-state index contributed by atoms with van der Waals surface area (Å²) in [6, 6.07) is 2.50. The van der Waals surface area contributed by atoms with E-state index in [9.17, 15) is 4.79 Å². The van der Waals surface area contributed by atoms with E-state index in [0.717, 1.165) is 6.42 Å². The van der Waals surface area contributed by atoms with Crippen molar-refractivity contribution in [2.75, 3.05) is 0 Å². The summed E-state index contributed by atoms with van der Waals surface area (Å²) in [6.07, 6.45) is 10.2. The van der Waals surface area contributed by atoms with Gasteiger partial charge in [0.2, 0.25) is 0 Å². The molecule has 1 nitrogen and oxygen atoms in total. The molecule has 0 heterocycles. The molecule has 1 saturated carbocycles. The van der Waals surface area contributed by atoms with Crippen molar-refractivity contribution in [2.45, 2.75) is 58.3 Å². The van der Waals surface area contributed by atoms with Gasteiger partial charge in [-0.2, -0.15) is 0 Å². The molecule has 4 rings (SSSR count). The Hall–Kier alpha value is -1.11. The van der Waals surface area contributed by atoms with Crippen LogP contribution in [0, 0.1) is 11.8 Å².